The second-order valence-corrected chi connectivity index (χ2v) is 7.46. The number of nitrogens with zero attached hydrogens (tertiary/aromatic N) is 4. The van der Waals surface area contributed by atoms with E-state index in [1.165, 1.54) is 6.07 Å². The van der Waals surface area contributed by atoms with E-state index in [4.69, 9.17) is 5.53 Å². The third kappa shape index (κ3) is 3.41. The lowest BCUT2D eigenvalue weighted by atomic mass is 9.85. The van der Waals surface area contributed by atoms with Crippen LogP contribution in [-0.2, 0) is 22.9 Å². The third-order valence-corrected chi connectivity index (χ3v) is 5.49. The predicted octanol–water partition coefficient (Wildman–Crippen LogP) is 2.51. The zero-order valence-corrected chi connectivity index (χ0v) is 13.9. The number of fused-ring (bicyclic) bond motifs is 1. The van der Waals surface area contributed by atoms with E-state index in [0.717, 1.165) is 11.1 Å². The lowest BCUT2D eigenvalue weighted by molar-refractivity contribution is 0.448. The van der Waals surface area contributed by atoms with Crippen LogP contribution in [0.1, 0.15) is 16.8 Å². The summed E-state index contributed by atoms with van der Waals surface area (Å²) in [7, 11) is -3.78. The van der Waals surface area contributed by atoms with Gasteiger partial charge >= 0.3 is 0 Å². The maximum atomic E-state index is 12.6. The van der Waals surface area contributed by atoms with E-state index in [1.54, 1.807) is 19.1 Å². The second-order valence-electron chi connectivity index (χ2n) is 5.79. The molecule has 0 bridgehead atoms. The molecule has 8 heteroatoms. The molecule has 0 unspecified atom stereocenters. The molecule has 1 aromatic carbocycles. The summed E-state index contributed by atoms with van der Waals surface area (Å²) >= 11 is 0. The molecule has 7 nitrogen and oxygen atoms in total. The van der Waals surface area contributed by atoms with Gasteiger partial charge in [0.1, 0.15) is 0 Å². The molecule has 2 atom stereocenters. The number of aryl methyl sites for hydroxylation is 1. The third-order valence-electron chi connectivity index (χ3n) is 4.10. The van der Waals surface area contributed by atoms with Crippen LogP contribution in [0.3, 0.4) is 0 Å². The van der Waals surface area contributed by atoms with Crippen molar-refractivity contribution in [3.8, 4) is 0 Å². The van der Waals surface area contributed by atoms with Gasteiger partial charge in [-0.15, -0.1) is 0 Å². The summed E-state index contributed by atoms with van der Waals surface area (Å²) < 4.78 is 27.9. The molecule has 0 radical (unpaired) electrons. The van der Waals surface area contributed by atoms with Gasteiger partial charge in [0, 0.05) is 16.6 Å². The van der Waals surface area contributed by atoms with Crippen molar-refractivity contribution in [3.63, 3.8) is 0 Å². The molecule has 0 spiro atoms. The molecule has 0 saturated carbocycles. The van der Waals surface area contributed by atoms with Crippen LogP contribution in [0.5, 0.6) is 0 Å². The van der Waals surface area contributed by atoms with Crippen molar-refractivity contribution >= 4 is 10.0 Å². The maximum absolute atomic E-state index is 12.6. The zero-order valence-electron chi connectivity index (χ0n) is 13.1. The van der Waals surface area contributed by atoms with Crippen LogP contribution < -0.4 is 4.72 Å². The monoisotopic (exact) mass is 343 g/mol. The predicted molar refractivity (Wildman–Crippen MR) is 89.9 cm³/mol. The number of hydrogen-bond acceptors (Lipinski definition) is 4. The van der Waals surface area contributed by atoms with Crippen molar-refractivity contribution in [2.24, 2.45) is 5.11 Å². The molecule has 1 heterocycles. The summed E-state index contributed by atoms with van der Waals surface area (Å²) in [6, 6.07) is 11.7. The van der Waals surface area contributed by atoms with Crippen molar-refractivity contribution in [1.82, 2.24) is 9.71 Å². The Morgan fingerprint density at radius 1 is 1.17 bits per heavy atom. The summed E-state index contributed by atoms with van der Waals surface area (Å²) in [4.78, 5) is 6.95. The lowest BCUT2D eigenvalue weighted by Gasteiger charge is -2.30. The molecule has 0 fully saturated rings. The fourth-order valence-corrected chi connectivity index (χ4v) is 4.21. The molecular formula is C16H17N5O2S. The van der Waals surface area contributed by atoms with Crippen LogP contribution in [0.25, 0.3) is 10.4 Å². The molecule has 24 heavy (non-hydrogen) atoms. The SMILES string of the molecule is Cc1cccc(S(=O)(=O)N[C@H]2Cc3ccccc3C[C@@H]2N=[N+]=[N-])n1. The van der Waals surface area contributed by atoms with Crippen molar-refractivity contribution in [1.29, 1.82) is 0 Å². The number of azide groups is 1. The summed E-state index contributed by atoms with van der Waals surface area (Å²) in [6.45, 7) is 1.73. The molecule has 1 aromatic heterocycles. The summed E-state index contributed by atoms with van der Waals surface area (Å²) in [5.74, 6) is 0. The highest BCUT2D eigenvalue weighted by atomic mass is 32.2. The van der Waals surface area contributed by atoms with E-state index < -0.39 is 22.1 Å². The Kier molecular flexibility index (Phi) is 4.53. The van der Waals surface area contributed by atoms with Crippen LogP contribution in [0.4, 0.5) is 0 Å². The Bertz CT molecular complexity index is 906. The van der Waals surface area contributed by atoms with Gasteiger partial charge in [-0.2, -0.15) is 0 Å². The highest BCUT2D eigenvalue weighted by Gasteiger charge is 2.31. The number of sulfonamides is 1. The largest absolute Gasteiger partial charge is 0.258 e. The van der Waals surface area contributed by atoms with Gasteiger partial charge in [-0.1, -0.05) is 35.4 Å². The Morgan fingerprint density at radius 2 is 1.88 bits per heavy atom. The van der Waals surface area contributed by atoms with Crippen LogP contribution in [-0.4, -0.2) is 25.5 Å². The summed E-state index contributed by atoms with van der Waals surface area (Å²) in [5.41, 5.74) is 11.6. The zero-order chi connectivity index (χ0) is 17.2. The van der Waals surface area contributed by atoms with Gasteiger partial charge in [0.05, 0.1) is 6.04 Å². The highest BCUT2D eigenvalue weighted by molar-refractivity contribution is 7.89. The Labute approximate surface area is 140 Å². The average Bonchev–Trinajstić information content (AvgIpc) is 2.55. The quantitative estimate of drug-likeness (QED) is 0.523. The number of rotatable bonds is 4. The average molecular weight is 343 g/mol. The molecule has 1 aliphatic carbocycles. The number of hydrogen-bond donors (Lipinski definition) is 1. The minimum absolute atomic E-state index is 0.0268. The molecule has 0 amide bonds. The van der Waals surface area contributed by atoms with Crippen molar-refractivity contribution in [2.45, 2.75) is 36.9 Å². The second kappa shape index (κ2) is 6.60. The number of benzene rings is 1. The molecule has 0 aliphatic heterocycles. The van der Waals surface area contributed by atoms with E-state index in [2.05, 4.69) is 19.7 Å². The number of aromatic nitrogens is 1. The van der Waals surface area contributed by atoms with Crippen molar-refractivity contribution in [2.75, 3.05) is 0 Å². The van der Waals surface area contributed by atoms with Crippen LogP contribution in [0.2, 0.25) is 0 Å². The molecular weight excluding hydrogens is 326 g/mol. The van der Waals surface area contributed by atoms with Crippen LogP contribution in [0.15, 0.2) is 52.6 Å². The van der Waals surface area contributed by atoms with Gasteiger partial charge in [-0.3, -0.25) is 0 Å². The Balaban J connectivity index is 1.91. The maximum Gasteiger partial charge on any atom is 0.258 e. The first-order valence-electron chi connectivity index (χ1n) is 7.56. The van der Waals surface area contributed by atoms with Crippen molar-refractivity contribution in [3.05, 3.63) is 69.7 Å². The van der Waals surface area contributed by atoms with Gasteiger partial charge in [0.2, 0.25) is 0 Å². The van der Waals surface area contributed by atoms with Gasteiger partial charge in [-0.25, -0.2) is 18.1 Å². The van der Waals surface area contributed by atoms with Gasteiger partial charge in [0.25, 0.3) is 10.0 Å². The molecule has 124 valence electrons. The molecule has 0 saturated heterocycles. The van der Waals surface area contributed by atoms with Gasteiger partial charge in [0.15, 0.2) is 5.03 Å². The Morgan fingerprint density at radius 3 is 2.54 bits per heavy atom. The van der Waals surface area contributed by atoms with Gasteiger partial charge < -0.3 is 0 Å². The number of pyridine rings is 1. The van der Waals surface area contributed by atoms with Crippen molar-refractivity contribution < 1.29 is 8.42 Å². The van der Waals surface area contributed by atoms with E-state index in [9.17, 15) is 8.42 Å². The van der Waals surface area contributed by atoms with E-state index in [-0.39, 0.29) is 5.03 Å². The minimum atomic E-state index is -3.78. The van der Waals surface area contributed by atoms with E-state index >= 15 is 0 Å². The smallest absolute Gasteiger partial charge is 0.240 e. The minimum Gasteiger partial charge on any atom is -0.240 e. The van der Waals surface area contributed by atoms with Crippen LogP contribution in [0, 0.1) is 6.92 Å². The molecule has 1 N–H and O–H groups in total. The van der Waals surface area contributed by atoms with Crippen LogP contribution >= 0.6 is 0 Å². The standard InChI is InChI=1S/C16H17N5O2S/c1-11-5-4-8-16(18-11)24(22,23)20-15-10-13-7-3-2-6-12(13)9-14(15)19-21-17/h2-8,14-15,20H,9-10H2,1H3/t14-,15-/m0/s1. The first-order valence-corrected chi connectivity index (χ1v) is 9.05. The molecule has 1 aliphatic rings. The van der Waals surface area contributed by atoms with E-state index in [1.807, 2.05) is 24.3 Å². The fraction of sp³-hybridized carbons (Fsp3) is 0.312. The first-order chi connectivity index (χ1) is 11.5. The highest BCUT2D eigenvalue weighted by Crippen LogP contribution is 2.25. The van der Waals surface area contributed by atoms with Gasteiger partial charge in [-0.05, 0) is 48.6 Å². The lowest BCUT2D eigenvalue weighted by Crippen LogP contribution is -2.47. The first kappa shape index (κ1) is 16.4. The van der Waals surface area contributed by atoms with E-state index in [0.29, 0.717) is 18.5 Å². The topological polar surface area (TPSA) is 108 Å². The number of nitrogens with one attached hydrogen (secondary N) is 1. The molecule has 3 rings (SSSR count). The Hall–Kier alpha value is -2.41. The summed E-state index contributed by atoms with van der Waals surface area (Å²) in [6.07, 6.45) is 0.986. The normalized spacial score (nSPS) is 20.0. The fourth-order valence-electron chi connectivity index (χ4n) is 2.93. The molecule has 2 aromatic rings. The summed E-state index contributed by atoms with van der Waals surface area (Å²) in [5, 5.41) is 3.77.